The molecule has 5 nitrogen and oxygen atoms in total. The Kier molecular flexibility index (Phi) is 4.84. The van der Waals surface area contributed by atoms with E-state index in [1.807, 2.05) is 36.4 Å². The first kappa shape index (κ1) is 19.2. The maximum Gasteiger partial charge on any atom is 0.254 e. The number of pyridine rings is 1. The smallest absolute Gasteiger partial charge is 0.254 e. The van der Waals surface area contributed by atoms with E-state index in [0.29, 0.717) is 22.7 Å². The molecule has 0 spiro atoms. The summed E-state index contributed by atoms with van der Waals surface area (Å²) in [5.41, 5.74) is 2.96. The second kappa shape index (κ2) is 7.33. The first-order chi connectivity index (χ1) is 13.9. The number of rotatable bonds is 3. The van der Waals surface area contributed by atoms with Crippen LogP contribution in [0.15, 0.2) is 67.0 Å². The lowest BCUT2D eigenvalue weighted by molar-refractivity contribution is -0.123. The van der Waals surface area contributed by atoms with Crippen molar-refractivity contribution in [1.29, 1.82) is 0 Å². The minimum Gasteiger partial charge on any atom is -0.337 e. The second-order valence-electron chi connectivity index (χ2n) is 7.42. The van der Waals surface area contributed by atoms with Gasteiger partial charge in [-0.25, -0.2) is 0 Å². The van der Waals surface area contributed by atoms with Gasteiger partial charge < -0.3 is 10.2 Å². The van der Waals surface area contributed by atoms with Crippen LogP contribution in [0.25, 0.3) is 11.1 Å². The molecule has 2 aromatic carbocycles. The third kappa shape index (κ3) is 3.61. The number of nitrogens with one attached hydrogen (secondary N) is 1. The highest BCUT2D eigenvalue weighted by atomic mass is 35.5. The lowest BCUT2D eigenvalue weighted by Crippen LogP contribution is -2.56. The number of likely N-dealkylation sites (N-methyl/N-ethyl adjacent to an activating group) is 1. The summed E-state index contributed by atoms with van der Waals surface area (Å²) in [6.07, 6.45) is 3.88. The highest BCUT2D eigenvalue weighted by molar-refractivity contribution is 6.31. The van der Waals surface area contributed by atoms with E-state index in [2.05, 4.69) is 10.3 Å². The van der Waals surface area contributed by atoms with Crippen molar-refractivity contribution < 1.29 is 9.59 Å². The van der Waals surface area contributed by atoms with Gasteiger partial charge in [0.2, 0.25) is 0 Å². The second-order valence-corrected chi connectivity index (χ2v) is 7.86. The normalized spacial score (nSPS) is 18.8. The zero-order chi connectivity index (χ0) is 20.6. The Morgan fingerprint density at radius 3 is 2.34 bits per heavy atom. The summed E-state index contributed by atoms with van der Waals surface area (Å²) in [6, 6.07) is 16.8. The molecule has 0 fully saturated rings. The van der Waals surface area contributed by atoms with E-state index < -0.39 is 5.54 Å². The first-order valence-electron chi connectivity index (χ1n) is 9.27. The van der Waals surface area contributed by atoms with Gasteiger partial charge in [-0.15, -0.1) is 0 Å². The van der Waals surface area contributed by atoms with E-state index in [4.69, 9.17) is 11.6 Å². The summed E-state index contributed by atoms with van der Waals surface area (Å²) < 4.78 is 0. The van der Waals surface area contributed by atoms with Crippen molar-refractivity contribution in [3.8, 4) is 11.1 Å². The van der Waals surface area contributed by atoms with Crippen LogP contribution in [0.5, 0.6) is 0 Å². The fourth-order valence-corrected chi connectivity index (χ4v) is 3.89. The topological polar surface area (TPSA) is 62.3 Å². The Labute approximate surface area is 174 Å². The number of aromatic nitrogens is 1. The van der Waals surface area contributed by atoms with Crippen molar-refractivity contribution in [3.63, 3.8) is 0 Å². The molecule has 2 amide bonds. The van der Waals surface area contributed by atoms with E-state index in [1.54, 1.807) is 44.6 Å². The molecule has 4 rings (SSSR count). The van der Waals surface area contributed by atoms with Gasteiger partial charge in [0, 0.05) is 30.9 Å². The maximum atomic E-state index is 13.2. The van der Waals surface area contributed by atoms with Crippen LogP contribution < -0.4 is 10.2 Å². The number of halogens is 1. The molecule has 0 aliphatic carbocycles. The molecule has 3 aromatic rings. The molecule has 2 heterocycles. The average Bonchev–Trinajstić information content (AvgIpc) is 2.79. The van der Waals surface area contributed by atoms with Crippen molar-refractivity contribution in [1.82, 2.24) is 10.3 Å². The van der Waals surface area contributed by atoms with Gasteiger partial charge >= 0.3 is 0 Å². The van der Waals surface area contributed by atoms with E-state index in [0.717, 1.165) is 16.7 Å². The molecule has 1 aromatic heterocycles. The van der Waals surface area contributed by atoms with Gasteiger partial charge in [0.05, 0.1) is 11.3 Å². The average molecular weight is 406 g/mol. The lowest BCUT2D eigenvalue weighted by Gasteiger charge is -2.30. The van der Waals surface area contributed by atoms with Crippen LogP contribution in [0.1, 0.15) is 22.8 Å². The molecule has 0 bridgehead atoms. The van der Waals surface area contributed by atoms with Crippen LogP contribution in [0.3, 0.4) is 0 Å². The standard InChI is InChI=1S/C23H20ClN3O2/c1-23(14-15-3-5-16(6-4-15)17-9-11-25-12-10-17)22(29)27(2)20-8-7-18(24)13-19(20)21(28)26-23/h3-13H,14H2,1-2H3,(H,26,28)/t23-/m0/s1. The molecule has 146 valence electrons. The Morgan fingerprint density at radius 2 is 1.66 bits per heavy atom. The molecule has 1 aliphatic rings. The van der Waals surface area contributed by atoms with E-state index in [-0.39, 0.29) is 11.8 Å². The van der Waals surface area contributed by atoms with Crippen LogP contribution >= 0.6 is 11.6 Å². The molecule has 29 heavy (non-hydrogen) atoms. The largest absolute Gasteiger partial charge is 0.337 e. The number of fused-ring (bicyclic) bond motifs is 1. The molecule has 0 saturated heterocycles. The van der Waals surface area contributed by atoms with Gasteiger partial charge in [-0.1, -0.05) is 35.9 Å². The van der Waals surface area contributed by atoms with Crippen molar-refractivity contribution in [2.24, 2.45) is 0 Å². The zero-order valence-corrected chi connectivity index (χ0v) is 16.9. The zero-order valence-electron chi connectivity index (χ0n) is 16.1. The Bertz CT molecular complexity index is 1080. The molecule has 0 radical (unpaired) electrons. The predicted octanol–water partition coefficient (Wildman–Crippen LogP) is 4.11. The Balaban J connectivity index is 1.63. The predicted molar refractivity (Wildman–Crippen MR) is 114 cm³/mol. The van der Waals surface area contributed by atoms with Crippen molar-refractivity contribution in [3.05, 3.63) is 83.1 Å². The van der Waals surface area contributed by atoms with Crippen molar-refractivity contribution in [2.75, 3.05) is 11.9 Å². The van der Waals surface area contributed by atoms with Gasteiger partial charge in [0.1, 0.15) is 5.54 Å². The minimum absolute atomic E-state index is 0.176. The monoisotopic (exact) mass is 405 g/mol. The van der Waals surface area contributed by atoms with Gasteiger partial charge in [-0.2, -0.15) is 0 Å². The van der Waals surface area contributed by atoms with Crippen molar-refractivity contribution in [2.45, 2.75) is 18.9 Å². The van der Waals surface area contributed by atoms with Crippen molar-refractivity contribution >= 4 is 29.1 Å². The number of amides is 2. The molecule has 0 saturated carbocycles. The van der Waals surface area contributed by atoms with Gasteiger partial charge in [-0.3, -0.25) is 14.6 Å². The summed E-state index contributed by atoms with van der Waals surface area (Å²) in [5, 5.41) is 3.37. The summed E-state index contributed by atoms with van der Waals surface area (Å²) in [4.78, 5) is 31.6. The van der Waals surface area contributed by atoms with Crippen LogP contribution in [0.2, 0.25) is 5.02 Å². The summed E-state index contributed by atoms with van der Waals surface area (Å²) >= 11 is 6.06. The lowest BCUT2D eigenvalue weighted by atomic mass is 9.90. The first-order valence-corrected chi connectivity index (χ1v) is 9.65. The highest BCUT2D eigenvalue weighted by Gasteiger charge is 2.41. The third-order valence-electron chi connectivity index (χ3n) is 5.26. The van der Waals surface area contributed by atoms with E-state index in [1.165, 1.54) is 4.90 Å². The number of benzene rings is 2. The maximum absolute atomic E-state index is 13.2. The highest BCUT2D eigenvalue weighted by Crippen LogP contribution is 2.30. The number of hydrogen-bond acceptors (Lipinski definition) is 3. The number of hydrogen-bond donors (Lipinski definition) is 1. The molecular weight excluding hydrogens is 386 g/mol. The SMILES string of the molecule is CN1C(=O)[C@](C)(Cc2ccc(-c3ccncc3)cc2)NC(=O)c2cc(Cl)ccc21. The molecule has 1 atom stereocenters. The van der Waals surface area contributed by atoms with Crippen LogP contribution in [0, 0.1) is 0 Å². The summed E-state index contributed by atoms with van der Waals surface area (Å²) in [7, 11) is 1.68. The van der Waals surface area contributed by atoms with Crippen LogP contribution in [0.4, 0.5) is 5.69 Å². The molecule has 0 unspecified atom stereocenters. The number of nitrogens with zero attached hydrogens (tertiary/aromatic N) is 2. The van der Waals surface area contributed by atoms with Gasteiger partial charge in [-0.05, 0) is 53.9 Å². The van der Waals surface area contributed by atoms with E-state index >= 15 is 0 Å². The number of carbonyl (C=O) groups is 2. The number of carbonyl (C=O) groups excluding carboxylic acids is 2. The molecule has 1 aliphatic heterocycles. The quantitative estimate of drug-likeness (QED) is 0.713. The van der Waals surface area contributed by atoms with Gasteiger partial charge in [0.15, 0.2) is 0 Å². The number of anilines is 1. The Morgan fingerprint density at radius 1 is 1.00 bits per heavy atom. The third-order valence-corrected chi connectivity index (χ3v) is 5.49. The molecule has 1 N–H and O–H groups in total. The fourth-order valence-electron chi connectivity index (χ4n) is 3.72. The summed E-state index contributed by atoms with van der Waals surface area (Å²) in [6.45, 7) is 1.76. The Hall–Kier alpha value is -3.18. The fraction of sp³-hybridized carbons (Fsp3) is 0.174. The summed E-state index contributed by atoms with van der Waals surface area (Å²) in [5.74, 6) is -0.485. The minimum atomic E-state index is -1.07. The van der Waals surface area contributed by atoms with E-state index in [9.17, 15) is 9.59 Å². The molecule has 6 heteroatoms. The van der Waals surface area contributed by atoms with Crippen LogP contribution in [-0.4, -0.2) is 29.4 Å². The molecular formula is C23H20ClN3O2. The van der Waals surface area contributed by atoms with Crippen LogP contribution in [-0.2, 0) is 11.2 Å². The van der Waals surface area contributed by atoms with Gasteiger partial charge in [0.25, 0.3) is 11.8 Å².